The number of nitro benzene ring substituents is 1. The number of aryl methyl sites for hydroxylation is 1. The van der Waals surface area contributed by atoms with Crippen molar-refractivity contribution < 1.29 is 22.1 Å². The third-order valence-corrected chi connectivity index (χ3v) is 6.49. The van der Waals surface area contributed by atoms with Crippen molar-refractivity contribution in [3.63, 3.8) is 0 Å². The molecule has 1 aromatic heterocycles. The number of hydrogen-bond donors (Lipinski definition) is 1. The van der Waals surface area contributed by atoms with Crippen LogP contribution in [0, 0.1) is 24.0 Å². The largest absolute Gasteiger partial charge is 0.320 e. The van der Waals surface area contributed by atoms with Crippen molar-refractivity contribution in [2.45, 2.75) is 38.1 Å². The summed E-state index contributed by atoms with van der Waals surface area (Å²) < 4.78 is 56.0. The third-order valence-electron chi connectivity index (χ3n) is 4.94. The topological polar surface area (TPSA) is 107 Å². The van der Waals surface area contributed by atoms with E-state index in [0.29, 0.717) is 16.6 Å². The molecule has 11 heteroatoms. The fourth-order valence-corrected chi connectivity index (χ4v) is 4.68. The lowest BCUT2D eigenvalue weighted by Gasteiger charge is -2.16. The maximum absolute atomic E-state index is 13.6. The van der Waals surface area contributed by atoms with E-state index in [1.807, 2.05) is 0 Å². The molecule has 0 spiro atoms. The van der Waals surface area contributed by atoms with Crippen LogP contribution in [0.4, 0.5) is 14.5 Å². The van der Waals surface area contributed by atoms with Crippen LogP contribution in [-0.2, 0) is 10.0 Å². The highest BCUT2D eigenvalue weighted by Gasteiger charge is 2.26. The molecule has 0 saturated heterocycles. The number of fused-ring (bicyclic) bond motifs is 1. The van der Waals surface area contributed by atoms with Crippen LogP contribution in [0.15, 0.2) is 41.3 Å². The molecule has 0 fully saturated rings. The summed E-state index contributed by atoms with van der Waals surface area (Å²) in [6, 6.07) is 8.70. The average molecular weight is 438 g/mol. The molecule has 0 unspecified atom stereocenters. The van der Waals surface area contributed by atoms with Crippen LogP contribution in [0.5, 0.6) is 0 Å². The third kappa shape index (κ3) is 4.03. The van der Waals surface area contributed by atoms with E-state index in [-0.39, 0.29) is 28.5 Å². The minimum Gasteiger partial charge on any atom is -0.270 e. The minimum atomic E-state index is -4.11. The second-order valence-electron chi connectivity index (χ2n) is 7.00. The van der Waals surface area contributed by atoms with Gasteiger partial charge in [-0.05, 0) is 37.1 Å². The summed E-state index contributed by atoms with van der Waals surface area (Å²) in [4.78, 5) is 14.4. The molecule has 30 heavy (non-hydrogen) atoms. The van der Waals surface area contributed by atoms with E-state index in [1.165, 1.54) is 12.1 Å². The summed E-state index contributed by atoms with van der Waals surface area (Å²) in [5.41, 5.74) is 1.12. The van der Waals surface area contributed by atoms with Crippen LogP contribution < -0.4 is 4.72 Å². The van der Waals surface area contributed by atoms with Gasteiger partial charge in [0.1, 0.15) is 5.82 Å². The van der Waals surface area contributed by atoms with Crippen LogP contribution in [0.2, 0.25) is 0 Å². The number of imidazole rings is 1. The Hall–Kier alpha value is -2.92. The smallest absolute Gasteiger partial charge is 0.270 e. The van der Waals surface area contributed by atoms with Crippen molar-refractivity contribution >= 4 is 26.7 Å². The Morgan fingerprint density at radius 2 is 1.90 bits per heavy atom. The Bertz CT molecular complexity index is 1220. The van der Waals surface area contributed by atoms with Crippen LogP contribution in [0.3, 0.4) is 0 Å². The van der Waals surface area contributed by atoms with E-state index in [0.717, 1.165) is 10.6 Å². The molecule has 1 atom stereocenters. The lowest BCUT2D eigenvalue weighted by Crippen LogP contribution is -2.29. The summed E-state index contributed by atoms with van der Waals surface area (Å²) in [6.45, 7) is 1.66. The maximum atomic E-state index is 13.6. The van der Waals surface area contributed by atoms with Gasteiger partial charge in [-0.25, -0.2) is 18.1 Å². The molecule has 1 N–H and O–H groups in total. The predicted octanol–water partition coefficient (Wildman–Crippen LogP) is 4.04. The molecule has 8 nitrogen and oxygen atoms in total. The maximum Gasteiger partial charge on any atom is 0.320 e. The van der Waals surface area contributed by atoms with Crippen LogP contribution in [0.25, 0.3) is 11.0 Å². The molecule has 0 saturated carbocycles. The van der Waals surface area contributed by atoms with Crippen molar-refractivity contribution in [1.82, 2.24) is 14.3 Å². The number of sulfonamides is 1. The zero-order valence-corrected chi connectivity index (χ0v) is 17.3. The van der Waals surface area contributed by atoms with Gasteiger partial charge in [0.2, 0.25) is 10.0 Å². The fraction of sp³-hybridized carbons (Fsp3) is 0.316. The second-order valence-corrected chi connectivity index (χ2v) is 8.74. The summed E-state index contributed by atoms with van der Waals surface area (Å²) in [6.07, 6.45) is 0. The first kappa shape index (κ1) is 21.8. The first-order valence-electron chi connectivity index (χ1n) is 9.03. The number of nitro groups is 1. The Balaban J connectivity index is 1.91. The average Bonchev–Trinajstić information content (AvgIpc) is 3.07. The van der Waals surface area contributed by atoms with E-state index in [4.69, 9.17) is 0 Å². The lowest BCUT2D eigenvalue weighted by atomic mass is 10.1. The van der Waals surface area contributed by atoms with Crippen molar-refractivity contribution in [2.24, 2.45) is 0 Å². The van der Waals surface area contributed by atoms with Gasteiger partial charge in [0.05, 0.1) is 20.9 Å². The van der Waals surface area contributed by atoms with Gasteiger partial charge in [0.15, 0.2) is 0 Å². The molecule has 2 aromatic carbocycles. The van der Waals surface area contributed by atoms with Crippen molar-refractivity contribution in [3.8, 4) is 0 Å². The number of para-hydroxylation sites is 2. The number of benzene rings is 2. The van der Waals surface area contributed by atoms with Crippen molar-refractivity contribution in [3.05, 3.63) is 63.5 Å². The monoisotopic (exact) mass is 438 g/mol. The van der Waals surface area contributed by atoms with Crippen LogP contribution in [-0.4, -0.2) is 29.4 Å². The standard InChI is InChI=1S/C19H20F2N4O4S/c1-11-8-14(25(26)27)9-17(13(11)3)30(28,29)22-10-12(2)18-23-15-6-4-5-7-16(15)24(18)19(20)21/h4-9,12,19,22H,10H2,1-3H3/t12-/m1/s1. The molecule has 0 radical (unpaired) electrons. The van der Waals surface area contributed by atoms with Gasteiger partial charge < -0.3 is 0 Å². The number of alkyl halides is 2. The van der Waals surface area contributed by atoms with E-state index < -0.39 is 27.4 Å². The van der Waals surface area contributed by atoms with Crippen LogP contribution in [0.1, 0.15) is 36.3 Å². The van der Waals surface area contributed by atoms with Gasteiger partial charge in [-0.2, -0.15) is 8.78 Å². The fourth-order valence-electron chi connectivity index (χ4n) is 3.21. The first-order chi connectivity index (χ1) is 14.0. The lowest BCUT2D eigenvalue weighted by molar-refractivity contribution is -0.385. The number of rotatable bonds is 7. The van der Waals surface area contributed by atoms with Gasteiger partial charge in [-0.3, -0.25) is 14.7 Å². The van der Waals surface area contributed by atoms with Gasteiger partial charge in [0, 0.05) is 24.6 Å². The SMILES string of the molecule is Cc1cc([N+](=O)[O-])cc(S(=O)(=O)NC[C@@H](C)c2nc3ccccc3n2C(F)F)c1C. The molecule has 0 aliphatic heterocycles. The van der Waals surface area contributed by atoms with E-state index >= 15 is 0 Å². The summed E-state index contributed by atoms with van der Waals surface area (Å²) in [5.74, 6) is -0.637. The highest BCUT2D eigenvalue weighted by molar-refractivity contribution is 7.89. The highest BCUT2D eigenvalue weighted by Crippen LogP contribution is 2.28. The quantitative estimate of drug-likeness (QED) is 0.443. The molecule has 0 bridgehead atoms. The molecule has 0 aliphatic rings. The molecule has 3 aromatic rings. The van der Waals surface area contributed by atoms with E-state index in [1.54, 1.807) is 39.0 Å². The van der Waals surface area contributed by atoms with E-state index in [2.05, 4.69) is 9.71 Å². The molecule has 0 amide bonds. The molecule has 0 aliphatic carbocycles. The number of nitrogens with zero attached hydrogens (tertiary/aromatic N) is 3. The minimum absolute atomic E-state index is 0.0424. The molecular formula is C19H20F2N4O4S. The number of hydrogen-bond acceptors (Lipinski definition) is 5. The van der Waals surface area contributed by atoms with Crippen molar-refractivity contribution in [1.29, 1.82) is 0 Å². The predicted molar refractivity (Wildman–Crippen MR) is 107 cm³/mol. The van der Waals surface area contributed by atoms with Gasteiger partial charge in [0.25, 0.3) is 5.69 Å². The van der Waals surface area contributed by atoms with Gasteiger partial charge >= 0.3 is 6.55 Å². The Kier molecular flexibility index (Phi) is 5.86. The summed E-state index contributed by atoms with van der Waals surface area (Å²) in [7, 11) is -4.11. The van der Waals surface area contributed by atoms with Crippen LogP contribution >= 0.6 is 0 Å². The number of non-ortho nitro benzene ring substituents is 1. The number of nitrogens with one attached hydrogen (secondary N) is 1. The van der Waals surface area contributed by atoms with E-state index in [9.17, 15) is 27.3 Å². The zero-order chi connectivity index (χ0) is 22.2. The first-order valence-corrected chi connectivity index (χ1v) is 10.5. The Labute approximate surface area is 171 Å². The Morgan fingerprint density at radius 3 is 2.53 bits per heavy atom. The molecule has 1 heterocycles. The number of halogens is 2. The number of aromatic nitrogens is 2. The second kappa shape index (κ2) is 8.07. The van der Waals surface area contributed by atoms with Crippen molar-refractivity contribution in [2.75, 3.05) is 6.54 Å². The zero-order valence-electron chi connectivity index (χ0n) is 16.5. The summed E-state index contributed by atoms with van der Waals surface area (Å²) in [5, 5.41) is 11.1. The molecular weight excluding hydrogens is 418 g/mol. The highest BCUT2D eigenvalue weighted by atomic mass is 32.2. The Morgan fingerprint density at radius 1 is 1.23 bits per heavy atom. The molecule has 160 valence electrons. The molecule has 3 rings (SSSR count). The summed E-state index contributed by atoms with van der Waals surface area (Å²) >= 11 is 0. The van der Waals surface area contributed by atoms with Gasteiger partial charge in [-0.1, -0.05) is 19.1 Å². The van der Waals surface area contributed by atoms with Gasteiger partial charge in [-0.15, -0.1) is 0 Å². The normalized spacial score (nSPS) is 13.1.